The van der Waals surface area contributed by atoms with Crippen molar-refractivity contribution in [3.63, 3.8) is 0 Å². The van der Waals surface area contributed by atoms with Crippen LogP contribution in [0, 0.1) is 0 Å². The molecule has 7 heteroatoms. The molecule has 3 N–H and O–H groups in total. The Balaban J connectivity index is 1.78. The van der Waals surface area contributed by atoms with E-state index in [9.17, 15) is 4.79 Å². The largest absolute Gasteiger partial charge is 0.454 e. The Morgan fingerprint density at radius 2 is 2.00 bits per heavy atom. The number of hydrogen-bond donors (Lipinski definition) is 2. The number of nitrogen functional groups attached to an aromatic ring is 1. The normalized spacial score (nSPS) is 12.7. The number of fused-ring (bicyclic) bond motifs is 1. The van der Waals surface area contributed by atoms with E-state index in [-0.39, 0.29) is 12.7 Å². The van der Waals surface area contributed by atoms with Gasteiger partial charge in [-0.1, -0.05) is 13.8 Å². The lowest BCUT2D eigenvalue weighted by Gasteiger charge is -2.17. The highest BCUT2D eigenvalue weighted by molar-refractivity contribution is 7.99. The van der Waals surface area contributed by atoms with E-state index in [1.807, 2.05) is 0 Å². The molecule has 22 heavy (non-hydrogen) atoms. The van der Waals surface area contributed by atoms with Crippen LogP contribution in [0.15, 0.2) is 12.1 Å². The highest BCUT2D eigenvalue weighted by Gasteiger charge is 2.17. The van der Waals surface area contributed by atoms with Gasteiger partial charge < -0.3 is 25.4 Å². The highest BCUT2D eigenvalue weighted by atomic mass is 32.2. The van der Waals surface area contributed by atoms with Gasteiger partial charge in [-0.2, -0.15) is 11.8 Å². The van der Waals surface area contributed by atoms with Gasteiger partial charge in [-0.05, 0) is 13.1 Å². The molecule has 2 rings (SSSR count). The SMILES string of the molecule is CCN(CC)CCSCC(=O)Nc1cc2c(cc1N)OCO2. The summed E-state index contributed by atoms with van der Waals surface area (Å²) >= 11 is 1.62. The van der Waals surface area contributed by atoms with E-state index in [0.29, 0.717) is 28.6 Å². The molecule has 1 aromatic carbocycles. The summed E-state index contributed by atoms with van der Waals surface area (Å²) in [7, 11) is 0. The standard InChI is InChI=1S/C15H23N3O3S/c1-3-18(4-2)5-6-22-9-15(19)17-12-8-14-13(7-11(12)16)20-10-21-14/h7-8H,3-6,9-10,16H2,1-2H3,(H,17,19). The fourth-order valence-corrected chi connectivity index (χ4v) is 2.94. The summed E-state index contributed by atoms with van der Waals surface area (Å²) in [6, 6.07) is 3.38. The van der Waals surface area contributed by atoms with Crippen LogP contribution < -0.4 is 20.5 Å². The summed E-state index contributed by atoms with van der Waals surface area (Å²) in [5, 5.41) is 2.82. The second-order valence-electron chi connectivity index (χ2n) is 4.92. The van der Waals surface area contributed by atoms with Crippen LogP contribution in [-0.4, -0.2) is 48.7 Å². The van der Waals surface area contributed by atoms with Crippen molar-refractivity contribution in [1.82, 2.24) is 4.90 Å². The Hall–Kier alpha value is -1.60. The van der Waals surface area contributed by atoms with Crippen LogP contribution in [-0.2, 0) is 4.79 Å². The number of ether oxygens (including phenoxy) is 2. The van der Waals surface area contributed by atoms with Crippen LogP contribution >= 0.6 is 11.8 Å². The van der Waals surface area contributed by atoms with E-state index in [2.05, 4.69) is 24.1 Å². The minimum atomic E-state index is -0.0601. The van der Waals surface area contributed by atoms with Crippen molar-refractivity contribution in [3.8, 4) is 11.5 Å². The maximum absolute atomic E-state index is 12.0. The Bertz CT molecular complexity index is 521. The molecule has 0 unspecified atom stereocenters. The van der Waals surface area contributed by atoms with Gasteiger partial charge in [0.1, 0.15) is 0 Å². The fourth-order valence-electron chi connectivity index (χ4n) is 2.15. The smallest absolute Gasteiger partial charge is 0.234 e. The molecule has 122 valence electrons. The second-order valence-corrected chi connectivity index (χ2v) is 6.03. The van der Waals surface area contributed by atoms with E-state index in [4.69, 9.17) is 15.2 Å². The maximum Gasteiger partial charge on any atom is 0.234 e. The van der Waals surface area contributed by atoms with E-state index in [1.165, 1.54) is 0 Å². The third-order valence-electron chi connectivity index (χ3n) is 3.50. The van der Waals surface area contributed by atoms with E-state index in [1.54, 1.807) is 23.9 Å². The first kappa shape index (κ1) is 16.8. The van der Waals surface area contributed by atoms with Gasteiger partial charge >= 0.3 is 0 Å². The van der Waals surface area contributed by atoms with Gasteiger partial charge in [-0.15, -0.1) is 0 Å². The molecule has 1 aromatic rings. The predicted octanol–water partition coefficient (Wildman–Crippen LogP) is 2.01. The summed E-state index contributed by atoms with van der Waals surface area (Å²) in [4.78, 5) is 14.3. The minimum absolute atomic E-state index is 0.0601. The molecule has 0 radical (unpaired) electrons. The topological polar surface area (TPSA) is 76.8 Å². The molecule has 1 heterocycles. The van der Waals surface area contributed by atoms with Crippen molar-refractivity contribution >= 4 is 29.0 Å². The molecule has 0 bridgehead atoms. The van der Waals surface area contributed by atoms with Gasteiger partial charge in [0.15, 0.2) is 11.5 Å². The van der Waals surface area contributed by atoms with Crippen LogP contribution in [0.3, 0.4) is 0 Å². The minimum Gasteiger partial charge on any atom is -0.454 e. The second kappa shape index (κ2) is 8.14. The Kier molecular flexibility index (Phi) is 6.21. The summed E-state index contributed by atoms with van der Waals surface area (Å²) in [5.41, 5.74) is 6.95. The highest BCUT2D eigenvalue weighted by Crippen LogP contribution is 2.38. The van der Waals surface area contributed by atoms with Crippen molar-refractivity contribution in [2.45, 2.75) is 13.8 Å². The zero-order valence-corrected chi connectivity index (χ0v) is 13.9. The maximum atomic E-state index is 12.0. The number of carbonyl (C=O) groups excluding carboxylic acids is 1. The monoisotopic (exact) mass is 325 g/mol. The van der Waals surface area contributed by atoms with Crippen LogP contribution in [0.4, 0.5) is 11.4 Å². The van der Waals surface area contributed by atoms with Crippen molar-refractivity contribution in [2.24, 2.45) is 0 Å². The number of nitrogens with two attached hydrogens (primary N) is 1. The van der Waals surface area contributed by atoms with Crippen LogP contribution in [0.2, 0.25) is 0 Å². The van der Waals surface area contributed by atoms with Crippen molar-refractivity contribution in [3.05, 3.63) is 12.1 Å². The predicted molar refractivity (Wildman–Crippen MR) is 90.7 cm³/mol. The average molecular weight is 325 g/mol. The molecule has 6 nitrogen and oxygen atoms in total. The Morgan fingerprint density at radius 3 is 2.68 bits per heavy atom. The van der Waals surface area contributed by atoms with Crippen molar-refractivity contribution < 1.29 is 14.3 Å². The molecule has 0 saturated heterocycles. The third kappa shape index (κ3) is 4.45. The lowest BCUT2D eigenvalue weighted by Crippen LogP contribution is -2.26. The van der Waals surface area contributed by atoms with Gasteiger partial charge in [0.2, 0.25) is 12.7 Å². The average Bonchev–Trinajstić information content (AvgIpc) is 2.95. The van der Waals surface area contributed by atoms with E-state index in [0.717, 1.165) is 25.4 Å². The number of carbonyl (C=O) groups is 1. The van der Waals surface area contributed by atoms with Gasteiger partial charge in [-0.25, -0.2) is 0 Å². The number of rotatable bonds is 8. The number of nitrogens with zero attached hydrogens (tertiary/aromatic N) is 1. The molecule has 0 fully saturated rings. The number of nitrogens with one attached hydrogen (secondary N) is 1. The fraction of sp³-hybridized carbons (Fsp3) is 0.533. The van der Waals surface area contributed by atoms with Crippen molar-refractivity contribution in [2.75, 3.05) is 49.0 Å². The first-order valence-electron chi connectivity index (χ1n) is 7.43. The summed E-state index contributed by atoms with van der Waals surface area (Å²) in [6.07, 6.45) is 0. The molecule has 0 atom stereocenters. The lowest BCUT2D eigenvalue weighted by atomic mass is 10.2. The van der Waals surface area contributed by atoms with Gasteiger partial charge in [0.25, 0.3) is 0 Å². The lowest BCUT2D eigenvalue weighted by molar-refractivity contribution is -0.113. The molecule has 0 saturated carbocycles. The number of anilines is 2. The van der Waals surface area contributed by atoms with Crippen molar-refractivity contribution in [1.29, 1.82) is 0 Å². The van der Waals surface area contributed by atoms with Gasteiger partial charge in [-0.3, -0.25) is 4.79 Å². The number of hydrogen-bond acceptors (Lipinski definition) is 6. The summed E-state index contributed by atoms with van der Waals surface area (Å²) < 4.78 is 10.5. The summed E-state index contributed by atoms with van der Waals surface area (Å²) in [5.74, 6) is 2.51. The van der Waals surface area contributed by atoms with Crippen LogP contribution in [0.5, 0.6) is 11.5 Å². The molecule has 1 aliphatic rings. The third-order valence-corrected chi connectivity index (χ3v) is 4.44. The molecule has 0 spiro atoms. The molecule has 0 aliphatic carbocycles. The Labute approximate surface area is 135 Å². The summed E-state index contributed by atoms with van der Waals surface area (Å²) in [6.45, 7) is 7.55. The first-order valence-corrected chi connectivity index (χ1v) is 8.58. The zero-order valence-electron chi connectivity index (χ0n) is 13.1. The van der Waals surface area contributed by atoms with Crippen LogP contribution in [0.25, 0.3) is 0 Å². The van der Waals surface area contributed by atoms with E-state index >= 15 is 0 Å². The molecule has 1 aliphatic heterocycles. The number of thioether (sulfide) groups is 1. The molecule has 1 amide bonds. The Morgan fingerprint density at radius 1 is 1.32 bits per heavy atom. The van der Waals surface area contributed by atoms with Gasteiger partial charge in [0, 0.05) is 24.4 Å². The zero-order chi connectivity index (χ0) is 15.9. The molecular weight excluding hydrogens is 302 g/mol. The number of benzene rings is 1. The first-order chi connectivity index (χ1) is 10.6. The molecular formula is C15H23N3O3S. The quantitative estimate of drug-likeness (QED) is 0.562. The van der Waals surface area contributed by atoms with Crippen LogP contribution in [0.1, 0.15) is 13.8 Å². The molecule has 0 aromatic heterocycles. The van der Waals surface area contributed by atoms with E-state index < -0.39 is 0 Å². The number of amides is 1. The van der Waals surface area contributed by atoms with Gasteiger partial charge in [0.05, 0.1) is 17.1 Å².